The molecule has 0 amide bonds. The van der Waals surface area contributed by atoms with Crippen molar-refractivity contribution in [3.05, 3.63) is 40.3 Å². The lowest BCUT2D eigenvalue weighted by atomic mass is 10.2. The van der Waals surface area contributed by atoms with Gasteiger partial charge in [0.05, 0.1) is 11.2 Å². The van der Waals surface area contributed by atoms with Gasteiger partial charge in [-0.1, -0.05) is 23.2 Å². The molecule has 0 saturated heterocycles. The summed E-state index contributed by atoms with van der Waals surface area (Å²) in [7, 11) is 0. The Morgan fingerprint density at radius 3 is 2.81 bits per heavy atom. The molecule has 0 bridgehead atoms. The minimum Gasteiger partial charge on any atom is -0.441 e. The van der Waals surface area contributed by atoms with E-state index in [1.807, 2.05) is 0 Å². The molecule has 3 nitrogen and oxygen atoms in total. The maximum atomic E-state index is 6.05. The lowest BCUT2D eigenvalue weighted by molar-refractivity contribution is 0.508. The third-order valence-corrected chi connectivity index (χ3v) is 2.66. The van der Waals surface area contributed by atoms with E-state index in [-0.39, 0.29) is 0 Å². The molecule has 0 atom stereocenters. The van der Waals surface area contributed by atoms with E-state index >= 15 is 0 Å². The molecule has 0 spiro atoms. The molecule has 2 aromatic rings. The summed E-state index contributed by atoms with van der Waals surface area (Å²) in [5.41, 5.74) is 6.19. The molecule has 0 radical (unpaired) electrons. The van der Waals surface area contributed by atoms with Crippen molar-refractivity contribution in [3.63, 3.8) is 0 Å². The molecule has 5 heteroatoms. The predicted octanol–water partition coefficient (Wildman–Crippen LogP) is 3.15. The molecule has 2 rings (SSSR count). The predicted molar refractivity (Wildman–Crippen MR) is 64.7 cm³/mol. The van der Waals surface area contributed by atoms with Gasteiger partial charge in [0.1, 0.15) is 0 Å². The standard InChI is InChI=1S/C11H10Cl2N2O/c12-7-1-2-8(9(13)5-7)10-6-15-11(16-10)3-4-14/h1-2,5-6H,3-4,14H2. The number of benzene rings is 1. The van der Waals surface area contributed by atoms with E-state index in [1.54, 1.807) is 24.4 Å². The van der Waals surface area contributed by atoms with Crippen LogP contribution in [0.2, 0.25) is 10.0 Å². The van der Waals surface area contributed by atoms with Gasteiger partial charge in [0.15, 0.2) is 11.7 Å². The Labute approximate surface area is 103 Å². The van der Waals surface area contributed by atoms with Crippen LogP contribution >= 0.6 is 23.2 Å². The van der Waals surface area contributed by atoms with E-state index in [4.69, 9.17) is 33.4 Å². The van der Waals surface area contributed by atoms with Gasteiger partial charge in [-0.25, -0.2) is 4.98 Å². The van der Waals surface area contributed by atoms with Gasteiger partial charge in [0.25, 0.3) is 0 Å². The Balaban J connectivity index is 2.35. The largest absolute Gasteiger partial charge is 0.441 e. The maximum Gasteiger partial charge on any atom is 0.196 e. The van der Waals surface area contributed by atoms with Crippen molar-refractivity contribution in [1.82, 2.24) is 4.98 Å². The van der Waals surface area contributed by atoms with Crippen LogP contribution < -0.4 is 5.73 Å². The first-order valence-electron chi connectivity index (χ1n) is 4.81. The van der Waals surface area contributed by atoms with Crippen LogP contribution in [0.4, 0.5) is 0 Å². The monoisotopic (exact) mass is 256 g/mol. The molecule has 2 N–H and O–H groups in total. The average Bonchev–Trinajstić information content (AvgIpc) is 2.67. The van der Waals surface area contributed by atoms with Crippen LogP contribution in [0, 0.1) is 0 Å². The van der Waals surface area contributed by atoms with E-state index in [0.29, 0.717) is 34.7 Å². The Hall–Kier alpha value is -1.03. The summed E-state index contributed by atoms with van der Waals surface area (Å²) in [6, 6.07) is 5.23. The molecule has 1 aromatic heterocycles. The number of aromatic nitrogens is 1. The minimum absolute atomic E-state index is 0.508. The second kappa shape index (κ2) is 4.87. The number of halogens is 2. The zero-order chi connectivity index (χ0) is 11.5. The Morgan fingerprint density at radius 1 is 1.31 bits per heavy atom. The molecule has 16 heavy (non-hydrogen) atoms. The minimum atomic E-state index is 0.508. The normalized spacial score (nSPS) is 10.7. The topological polar surface area (TPSA) is 52.0 Å². The van der Waals surface area contributed by atoms with E-state index in [1.165, 1.54) is 0 Å². The van der Waals surface area contributed by atoms with Crippen molar-refractivity contribution in [2.24, 2.45) is 5.73 Å². The molecular formula is C11H10Cl2N2O. The number of oxazole rings is 1. The number of nitrogens with zero attached hydrogens (tertiary/aromatic N) is 1. The number of hydrogen-bond donors (Lipinski definition) is 1. The first kappa shape index (κ1) is 11.5. The second-order valence-electron chi connectivity index (χ2n) is 3.28. The van der Waals surface area contributed by atoms with E-state index in [2.05, 4.69) is 4.98 Å². The van der Waals surface area contributed by atoms with Gasteiger partial charge in [0, 0.05) is 23.6 Å². The van der Waals surface area contributed by atoms with Gasteiger partial charge in [-0.3, -0.25) is 0 Å². The van der Waals surface area contributed by atoms with Gasteiger partial charge in [0.2, 0.25) is 0 Å². The molecule has 0 aliphatic carbocycles. The fourth-order valence-corrected chi connectivity index (χ4v) is 1.86. The van der Waals surface area contributed by atoms with Crippen molar-refractivity contribution in [2.75, 3.05) is 6.54 Å². The number of hydrogen-bond acceptors (Lipinski definition) is 3. The van der Waals surface area contributed by atoms with Gasteiger partial charge in [-0.05, 0) is 18.2 Å². The highest BCUT2D eigenvalue weighted by atomic mass is 35.5. The Morgan fingerprint density at radius 2 is 2.12 bits per heavy atom. The van der Waals surface area contributed by atoms with Crippen molar-refractivity contribution in [2.45, 2.75) is 6.42 Å². The van der Waals surface area contributed by atoms with E-state index in [9.17, 15) is 0 Å². The summed E-state index contributed by atoms with van der Waals surface area (Å²) in [5, 5.41) is 1.14. The molecule has 0 aliphatic heterocycles. The highest BCUT2D eigenvalue weighted by Gasteiger charge is 2.09. The van der Waals surface area contributed by atoms with Crippen molar-refractivity contribution < 1.29 is 4.42 Å². The molecule has 84 valence electrons. The second-order valence-corrected chi connectivity index (χ2v) is 4.12. The van der Waals surface area contributed by atoms with Crippen LogP contribution in [-0.2, 0) is 6.42 Å². The quantitative estimate of drug-likeness (QED) is 0.918. The molecule has 1 aromatic carbocycles. The first-order chi connectivity index (χ1) is 7.70. The summed E-state index contributed by atoms with van der Waals surface area (Å²) < 4.78 is 5.51. The summed E-state index contributed by atoms with van der Waals surface area (Å²) in [4.78, 5) is 4.11. The molecule has 0 saturated carbocycles. The lowest BCUT2D eigenvalue weighted by Gasteiger charge is -2.00. The summed E-state index contributed by atoms with van der Waals surface area (Å²) in [6.07, 6.45) is 2.26. The maximum absolute atomic E-state index is 6.05. The van der Waals surface area contributed by atoms with Crippen LogP contribution in [0.5, 0.6) is 0 Å². The SMILES string of the molecule is NCCc1ncc(-c2ccc(Cl)cc2Cl)o1. The fraction of sp³-hybridized carbons (Fsp3) is 0.182. The summed E-state index contributed by atoms with van der Waals surface area (Å²) in [5.74, 6) is 1.24. The summed E-state index contributed by atoms with van der Waals surface area (Å²) >= 11 is 11.9. The van der Waals surface area contributed by atoms with Crippen molar-refractivity contribution in [3.8, 4) is 11.3 Å². The molecule has 0 unspecified atom stereocenters. The van der Waals surface area contributed by atoms with Crippen LogP contribution in [0.15, 0.2) is 28.8 Å². The van der Waals surface area contributed by atoms with Crippen LogP contribution in [0.3, 0.4) is 0 Å². The zero-order valence-electron chi connectivity index (χ0n) is 8.41. The van der Waals surface area contributed by atoms with E-state index in [0.717, 1.165) is 5.56 Å². The lowest BCUT2D eigenvalue weighted by Crippen LogP contribution is -2.02. The van der Waals surface area contributed by atoms with Crippen molar-refractivity contribution >= 4 is 23.2 Å². The van der Waals surface area contributed by atoms with E-state index < -0.39 is 0 Å². The van der Waals surface area contributed by atoms with Crippen molar-refractivity contribution in [1.29, 1.82) is 0 Å². The molecule has 0 fully saturated rings. The van der Waals surface area contributed by atoms with Crippen LogP contribution in [0.1, 0.15) is 5.89 Å². The highest BCUT2D eigenvalue weighted by Crippen LogP contribution is 2.30. The van der Waals surface area contributed by atoms with Crippen LogP contribution in [0.25, 0.3) is 11.3 Å². The average molecular weight is 257 g/mol. The zero-order valence-corrected chi connectivity index (χ0v) is 9.92. The van der Waals surface area contributed by atoms with Gasteiger partial charge >= 0.3 is 0 Å². The van der Waals surface area contributed by atoms with Gasteiger partial charge in [-0.2, -0.15) is 0 Å². The Kier molecular flexibility index (Phi) is 3.49. The number of nitrogens with two attached hydrogens (primary N) is 1. The number of rotatable bonds is 3. The molecular weight excluding hydrogens is 247 g/mol. The molecule has 0 aliphatic rings. The Bertz CT molecular complexity index is 496. The molecule has 1 heterocycles. The summed E-state index contributed by atoms with van der Waals surface area (Å²) in [6.45, 7) is 0.508. The van der Waals surface area contributed by atoms with Gasteiger partial charge < -0.3 is 10.2 Å². The fourth-order valence-electron chi connectivity index (χ4n) is 1.36. The first-order valence-corrected chi connectivity index (χ1v) is 5.56. The smallest absolute Gasteiger partial charge is 0.196 e. The van der Waals surface area contributed by atoms with Crippen LogP contribution in [-0.4, -0.2) is 11.5 Å². The van der Waals surface area contributed by atoms with Gasteiger partial charge in [-0.15, -0.1) is 0 Å². The third kappa shape index (κ3) is 2.38. The third-order valence-electron chi connectivity index (χ3n) is 2.11. The highest BCUT2D eigenvalue weighted by molar-refractivity contribution is 6.36.